The van der Waals surface area contributed by atoms with Gasteiger partial charge in [-0.2, -0.15) is 29.9 Å². The summed E-state index contributed by atoms with van der Waals surface area (Å²) in [6, 6.07) is 0. The normalized spacial score (nSPS) is 20.0. The maximum Gasteiger partial charge on any atom is 0.301 e. The Morgan fingerprint density at radius 1 is 1.55 bits per heavy atom. The summed E-state index contributed by atoms with van der Waals surface area (Å²) < 4.78 is 27.7. The molecule has 1 unspecified atom stereocenters. The summed E-state index contributed by atoms with van der Waals surface area (Å²) in [5, 5.41) is 2.42. The molecule has 122 valence electrons. The van der Waals surface area contributed by atoms with Gasteiger partial charge in [0, 0.05) is 23.3 Å². The first kappa shape index (κ1) is 17.0. The number of aromatic nitrogens is 1. The van der Waals surface area contributed by atoms with Crippen molar-refractivity contribution in [2.45, 2.75) is 25.3 Å². The van der Waals surface area contributed by atoms with Gasteiger partial charge in [-0.3, -0.25) is 9.71 Å². The van der Waals surface area contributed by atoms with Gasteiger partial charge in [0.1, 0.15) is 12.0 Å². The number of guanidine groups is 1. The molecule has 9 nitrogen and oxygen atoms in total. The second-order valence-electron chi connectivity index (χ2n) is 4.44. The van der Waals surface area contributed by atoms with Crippen LogP contribution in [0, 0.1) is 0 Å². The summed E-state index contributed by atoms with van der Waals surface area (Å²) in [6.45, 7) is 1.69. The Bertz CT molecular complexity index is 678. The first-order valence-corrected chi connectivity index (χ1v) is 9.84. The van der Waals surface area contributed by atoms with Crippen LogP contribution in [0.5, 0.6) is 0 Å². The summed E-state index contributed by atoms with van der Waals surface area (Å²) in [7, 11) is -3.47. The zero-order valence-electron chi connectivity index (χ0n) is 11.8. The van der Waals surface area contributed by atoms with Crippen LogP contribution in [0.2, 0.25) is 0 Å². The molecule has 0 saturated heterocycles. The van der Waals surface area contributed by atoms with Gasteiger partial charge >= 0.3 is 10.2 Å². The van der Waals surface area contributed by atoms with Crippen molar-refractivity contribution >= 4 is 50.2 Å². The van der Waals surface area contributed by atoms with E-state index in [9.17, 15) is 8.42 Å². The fraction of sp³-hybridized carbons (Fsp3) is 0.500. The van der Waals surface area contributed by atoms with Crippen LogP contribution in [0.3, 0.4) is 0 Å². The van der Waals surface area contributed by atoms with Gasteiger partial charge in [0.05, 0.1) is 5.69 Å². The molecule has 1 atom stereocenters. The van der Waals surface area contributed by atoms with Crippen LogP contribution < -0.4 is 20.9 Å². The minimum Gasteiger partial charge on any atom is -0.370 e. The van der Waals surface area contributed by atoms with Crippen molar-refractivity contribution < 1.29 is 8.42 Å². The van der Waals surface area contributed by atoms with Gasteiger partial charge in [-0.1, -0.05) is 0 Å². The first-order valence-electron chi connectivity index (χ1n) is 6.32. The Labute approximate surface area is 136 Å². The molecule has 1 aliphatic rings. The highest BCUT2D eigenvalue weighted by molar-refractivity contribution is 7.98. The summed E-state index contributed by atoms with van der Waals surface area (Å²) in [5.74, 6) is 1.88. The molecule has 0 fully saturated rings. The maximum absolute atomic E-state index is 11.5. The molecule has 2 rings (SSSR count). The van der Waals surface area contributed by atoms with E-state index in [1.807, 2.05) is 5.38 Å². The zero-order chi connectivity index (χ0) is 16.2. The molecule has 0 amide bonds. The summed E-state index contributed by atoms with van der Waals surface area (Å²) >= 11 is 3.00. The van der Waals surface area contributed by atoms with Gasteiger partial charge in [0.15, 0.2) is 5.96 Å². The smallest absolute Gasteiger partial charge is 0.301 e. The van der Waals surface area contributed by atoms with E-state index in [1.54, 1.807) is 18.7 Å². The number of nitrogens with zero attached hydrogens (tertiary/aromatic N) is 3. The molecule has 0 spiro atoms. The van der Waals surface area contributed by atoms with Gasteiger partial charge in [0.25, 0.3) is 0 Å². The average molecular weight is 363 g/mol. The largest absolute Gasteiger partial charge is 0.370 e. The number of thiazole rings is 1. The summed E-state index contributed by atoms with van der Waals surface area (Å²) in [4.78, 5) is 12.3. The molecule has 0 aliphatic carbocycles. The monoisotopic (exact) mass is 363 g/mol. The third-order valence-corrected chi connectivity index (χ3v) is 5.36. The van der Waals surface area contributed by atoms with E-state index in [0.29, 0.717) is 23.1 Å². The van der Waals surface area contributed by atoms with E-state index in [-0.39, 0.29) is 5.96 Å². The molecule has 0 radical (unpaired) electrons. The highest BCUT2D eigenvalue weighted by Crippen LogP contribution is 2.22. The lowest BCUT2D eigenvalue weighted by molar-refractivity contribution is 0.553. The number of aliphatic imine (C=N–C) groups is 2. The summed E-state index contributed by atoms with van der Waals surface area (Å²) in [6.07, 6.45) is 0.104. The lowest BCUT2D eigenvalue weighted by Crippen LogP contribution is -2.48. The third kappa shape index (κ3) is 5.44. The van der Waals surface area contributed by atoms with Crippen LogP contribution >= 0.6 is 23.1 Å². The van der Waals surface area contributed by atoms with Crippen LogP contribution in [-0.2, 0) is 16.0 Å². The fourth-order valence-electron chi connectivity index (χ4n) is 1.68. The number of nitrogens with one attached hydrogen (secondary N) is 2. The van der Waals surface area contributed by atoms with Gasteiger partial charge in [-0.25, -0.2) is 4.98 Å². The number of thioether (sulfide) groups is 1. The van der Waals surface area contributed by atoms with E-state index in [0.717, 1.165) is 11.4 Å². The first-order chi connectivity index (χ1) is 10.3. The van der Waals surface area contributed by atoms with Crippen molar-refractivity contribution in [3.05, 3.63) is 11.1 Å². The van der Waals surface area contributed by atoms with Gasteiger partial charge < -0.3 is 11.5 Å². The molecule has 2 heterocycles. The van der Waals surface area contributed by atoms with Crippen molar-refractivity contribution in [3.63, 3.8) is 0 Å². The number of hydrogen-bond acceptors (Lipinski definition) is 7. The van der Waals surface area contributed by atoms with E-state index in [2.05, 4.69) is 24.4 Å². The van der Waals surface area contributed by atoms with Crippen LogP contribution in [0.25, 0.3) is 0 Å². The molecule has 1 aromatic heterocycles. The topological polar surface area (TPSA) is 148 Å². The predicted molar refractivity (Wildman–Crippen MR) is 90.5 cm³/mol. The minimum absolute atomic E-state index is 0.0149. The molecule has 0 saturated carbocycles. The molecular weight excluding hydrogens is 346 g/mol. The van der Waals surface area contributed by atoms with Crippen molar-refractivity contribution in [3.8, 4) is 0 Å². The van der Waals surface area contributed by atoms with E-state index < -0.39 is 16.4 Å². The summed E-state index contributed by atoms with van der Waals surface area (Å²) in [5.41, 5.74) is 11.5. The van der Waals surface area contributed by atoms with Crippen molar-refractivity contribution in [2.75, 3.05) is 5.75 Å². The third-order valence-electron chi connectivity index (χ3n) is 2.42. The Kier molecular flexibility index (Phi) is 5.61. The van der Waals surface area contributed by atoms with Crippen LogP contribution in [-0.4, -0.2) is 37.1 Å². The van der Waals surface area contributed by atoms with Crippen molar-refractivity contribution in [1.82, 2.24) is 14.4 Å². The Hall–Kier alpha value is -1.37. The van der Waals surface area contributed by atoms with Gasteiger partial charge in [-0.05, 0) is 6.92 Å². The molecule has 22 heavy (non-hydrogen) atoms. The lowest BCUT2D eigenvalue weighted by atomic mass is 10.4. The molecule has 0 bridgehead atoms. The van der Waals surface area contributed by atoms with Gasteiger partial charge in [0.2, 0.25) is 5.13 Å². The van der Waals surface area contributed by atoms with Crippen LogP contribution in [0.15, 0.2) is 15.4 Å². The molecule has 12 heteroatoms. The van der Waals surface area contributed by atoms with Crippen molar-refractivity contribution in [1.29, 1.82) is 0 Å². The number of hydrogen-bond donors (Lipinski definition) is 4. The van der Waals surface area contributed by atoms with Crippen LogP contribution in [0.4, 0.5) is 5.13 Å². The second kappa shape index (κ2) is 7.26. The lowest BCUT2D eigenvalue weighted by Gasteiger charge is -2.20. The highest BCUT2D eigenvalue weighted by Gasteiger charge is 2.21. The number of nitrogens with two attached hydrogens (primary N) is 2. The second-order valence-corrected chi connectivity index (χ2v) is 7.82. The molecule has 1 aliphatic heterocycles. The SMILES string of the molecule is CC1N=C(CCSCc2csc(N=C(N)N)n2)NS(=O)(=O)N1. The molecule has 0 aromatic carbocycles. The van der Waals surface area contributed by atoms with E-state index in [4.69, 9.17) is 11.5 Å². The molecule has 6 N–H and O–H groups in total. The maximum atomic E-state index is 11.5. The number of amidine groups is 1. The van der Waals surface area contributed by atoms with Crippen molar-refractivity contribution in [2.24, 2.45) is 21.5 Å². The number of rotatable bonds is 6. The van der Waals surface area contributed by atoms with E-state index in [1.165, 1.54) is 11.3 Å². The molecule has 1 aromatic rings. The Balaban J connectivity index is 1.78. The Morgan fingerprint density at radius 3 is 3.00 bits per heavy atom. The quantitative estimate of drug-likeness (QED) is 0.314. The minimum atomic E-state index is -3.47. The zero-order valence-corrected chi connectivity index (χ0v) is 14.3. The standard InChI is InChI=1S/C10H17N7O2S3/c1-6-13-8(17-22(18,19)16-6)2-3-20-4-7-5-21-10(14-7)15-9(11)12/h5-6,16H,2-4H2,1H3,(H,13,17)(H4,11,12,14,15). The predicted octanol–water partition coefficient (Wildman–Crippen LogP) is -0.147. The Morgan fingerprint density at radius 2 is 2.32 bits per heavy atom. The fourth-order valence-corrected chi connectivity index (χ4v) is 4.36. The highest BCUT2D eigenvalue weighted by atomic mass is 32.2. The molecular formula is C10H17N7O2S3. The van der Waals surface area contributed by atoms with E-state index >= 15 is 0 Å². The van der Waals surface area contributed by atoms with Gasteiger partial charge in [-0.15, -0.1) is 11.3 Å². The van der Waals surface area contributed by atoms with Crippen LogP contribution in [0.1, 0.15) is 19.0 Å². The average Bonchev–Trinajstić information content (AvgIpc) is 2.79.